The van der Waals surface area contributed by atoms with Crippen LogP contribution in [-0.4, -0.2) is 98.0 Å². The molecule has 0 aliphatic heterocycles. The van der Waals surface area contributed by atoms with Gasteiger partial charge < -0.3 is 38.2 Å². The number of rotatable bonds is 11. The second-order valence-electron chi connectivity index (χ2n) is 5.63. The van der Waals surface area contributed by atoms with Crippen molar-refractivity contribution in [1.82, 2.24) is 15.0 Å². The van der Waals surface area contributed by atoms with Crippen molar-refractivity contribution in [2.45, 2.75) is 12.2 Å². The van der Waals surface area contributed by atoms with E-state index in [-0.39, 0.29) is 5.95 Å². The SMILES string of the molecule is COC(OC)(OC)N(c1nc(N(C)C)nc(N(C)C)n1)C(OC)(OC)OC. The summed E-state index contributed by atoms with van der Waals surface area (Å²) in [5.41, 5.74) is 0. The quantitative estimate of drug-likeness (QED) is 0.472. The molecule has 0 aliphatic rings. The van der Waals surface area contributed by atoms with Crippen LogP contribution in [0.5, 0.6) is 0 Å². The lowest BCUT2D eigenvalue weighted by molar-refractivity contribution is -0.430. The summed E-state index contributed by atoms with van der Waals surface area (Å²) in [5.74, 6) is 0.819. The summed E-state index contributed by atoms with van der Waals surface area (Å²) >= 11 is 0. The Morgan fingerprint density at radius 3 is 1.00 bits per heavy atom. The molecule has 0 spiro atoms. The molecule has 0 unspecified atom stereocenters. The van der Waals surface area contributed by atoms with Crippen molar-refractivity contribution in [2.75, 3.05) is 85.5 Å². The summed E-state index contributed by atoms with van der Waals surface area (Å²) in [6.45, 7) is 0. The van der Waals surface area contributed by atoms with Crippen LogP contribution < -0.4 is 14.7 Å². The van der Waals surface area contributed by atoms with Gasteiger partial charge in [0.1, 0.15) is 0 Å². The van der Waals surface area contributed by atoms with Crippen LogP contribution in [0.3, 0.4) is 0 Å². The van der Waals surface area contributed by atoms with Gasteiger partial charge in [0, 0.05) is 70.8 Å². The largest absolute Gasteiger partial charge is 0.385 e. The fourth-order valence-corrected chi connectivity index (χ4v) is 2.30. The average Bonchev–Trinajstić information content (AvgIpc) is 2.69. The average molecular weight is 390 g/mol. The van der Waals surface area contributed by atoms with Gasteiger partial charge in [0.05, 0.1) is 0 Å². The van der Waals surface area contributed by atoms with Crippen molar-refractivity contribution in [3.63, 3.8) is 0 Å². The zero-order chi connectivity index (χ0) is 20.8. The van der Waals surface area contributed by atoms with Crippen LogP contribution in [-0.2, 0) is 28.4 Å². The van der Waals surface area contributed by atoms with E-state index in [1.165, 1.54) is 47.6 Å². The number of methoxy groups -OCH3 is 6. The first-order valence-electron chi connectivity index (χ1n) is 7.92. The van der Waals surface area contributed by atoms with E-state index in [1.54, 1.807) is 38.0 Å². The molecule has 0 bridgehead atoms. The van der Waals surface area contributed by atoms with E-state index in [2.05, 4.69) is 15.0 Å². The lowest BCUT2D eigenvalue weighted by Gasteiger charge is -2.46. The molecule has 0 N–H and O–H groups in total. The van der Waals surface area contributed by atoms with E-state index < -0.39 is 12.2 Å². The van der Waals surface area contributed by atoms with Gasteiger partial charge in [-0.25, -0.2) is 0 Å². The molecule has 12 nitrogen and oxygen atoms in total. The van der Waals surface area contributed by atoms with E-state index >= 15 is 0 Å². The predicted octanol–water partition coefficient (Wildman–Crippen LogP) is -0.0890. The van der Waals surface area contributed by atoms with Gasteiger partial charge in [-0.05, 0) is 0 Å². The number of ether oxygens (including phenoxy) is 6. The molecule has 1 heterocycles. The van der Waals surface area contributed by atoms with Crippen LogP contribution in [0, 0.1) is 0 Å². The Kier molecular flexibility index (Phi) is 8.07. The van der Waals surface area contributed by atoms with Crippen LogP contribution in [0.25, 0.3) is 0 Å². The Balaban J connectivity index is 3.84. The van der Waals surface area contributed by atoms with Crippen LogP contribution in [0.15, 0.2) is 0 Å². The highest BCUT2D eigenvalue weighted by Crippen LogP contribution is 2.35. The Labute approximate surface area is 159 Å². The zero-order valence-electron chi connectivity index (χ0n) is 17.6. The normalized spacial score (nSPS) is 12.2. The Morgan fingerprint density at radius 1 is 0.519 bits per heavy atom. The van der Waals surface area contributed by atoms with Crippen molar-refractivity contribution in [3.8, 4) is 0 Å². The Bertz CT molecular complexity index is 531. The third-order valence-electron chi connectivity index (χ3n) is 3.70. The first kappa shape index (κ1) is 23.2. The smallest absolute Gasteiger partial charge is 0.347 e. The monoisotopic (exact) mass is 390 g/mol. The molecule has 0 radical (unpaired) electrons. The second kappa shape index (κ2) is 9.39. The van der Waals surface area contributed by atoms with E-state index in [9.17, 15) is 0 Å². The maximum atomic E-state index is 5.48. The van der Waals surface area contributed by atoms with Crippen LogP contribution in [0.1, 0.15) is 0 Å². The first-order chi connectivity index (χ1) is 12.7. The van der Waals surface area contributed by atoms with E-state index in [0.717, 1.165) is 0 Å². The number of anilines is 3. The molecule has 0 amide bonds. The number of hydrogen-bond acceptors (Lipinski definition) is 12. The molecule has 0 fully saturated rings. The highest BCUT2D eigenvalue weighted by Gasteiger charge is 2.55. The summed E-state index contributed by atoms with van der Waals surface area (Å²) in [7, 11) is 15.5. The second-order valence-corrected chi connectivity index (χ2v) is 5.63. The summed E-state index contributed by atoms with van der Waals surface area (Å²) in [5, 5.41) is 0. The fourth-order valence-electron chi connectivity index (χ4n) is 2.30. The lowest BCUT2D eigenvalue weighted by atomic mass is 10.5. The molecule has 156 valence electrons. The minimum atomic E-state index is -1.84. The van der Waals surface area contributed by atoms with E-state index in [0.29, 0.717) is 11.9 Å². The van der Waals surface area contributed by atoms with Gasteiger partial charge in [0.2, 0.25) is 17.8 Å². The lowest BCUT2D eigenvalue weighted by Crippen LogP contribution is -2.67. The van der Waals surface area contributed by atoms with E-state index in [1.807, 2.05) is 0 Å². The standard InChI is InChI=1S/C15H30N6O6/c1-19(2)11-16-12(20(3)4)18-13(17-11)21(14(22-5,23-6)24-7)15(25-8,26-9)27-10/h1-10H3. The van der Waals surface area contributed by atoms with Gasteiger partial charge in [0.15, 0.2) is 0 Å². The number of aromatic nitrogens is 3. The summed E-state index contributed by atoms with van der Waals surface area (Å²) in [6, 6.07) is 0. The van der Waals surface area contributed by atoms with Crippen LogP contribution in [0.4, 0.5) is 17.8 Å². The van der Waals surface area contributed by atoms with Crippen molar-refractivity contribution in [1.29, 1.82) is 0 Å². The minimum Gasteiger partial charge on any atom is -0.347 e. The van der Waals surface area contributed by atoms with Gasteiger partial charge in [0.25, 0.3) is 0 Å². The molecule has 0 saturated heterocycles. The third-order valence-corrected chi connectivity index (χ3v) is 3.70. The fraction of sp³-hybridized carbons (Fsp3) is 0.800. The molecular weight excluding hydrogens is 360 g/mol. The zero-order valence-corrected chi connectivity index (χ0v) is 17.6. The molecule has 12 heteroatoms. The minimum absolute atomic E-state index is 0.0634. The van der Waals surface area contributed by atoms with Crippen LogP contribution in [0.2, 0.25) is 0 Å². The molecule has 1 aromatic heterocycles. The van der Waals surface area contributed by atoms with E-state index in [4.69, 9.17) is 28.4 Å². The molecule has 0 atom stereocenters. The van der Waals surface area contributed by atoms with Crippen molar-refractivity contribution in [2.24, 2.45) is 0 Å². The summed E-state index contributed by atoms with van der Waals surface area (Å²) in [4.78, 5) is 18.0. The van der Waals surface area contributed by atoms with Gasteiger partial charge in [-0.15, -0.1) is 0 Å². The van der Waals surface area contributed by atoms with Gasteiger partial charge in [-0.3, -0.25) is 0 Å². The molecule has 27 heavy (non-hydrogen) atoms. The topological polar surface area (TPSA) is 104 Å². The van der Waals surface area contributed by atoms with Crippen molar-refractivity contribution >= 4 is 17.8 Å². The highest BCUT2D eigenvalue weighted by molar-refractivity contribution is 5.46. The molecule has 1 rings (SSSR count). The summed E-state index contributed by atoms with van der Waals surface area (Å²) < 4.78 is 32.9. The highest BCUT2D eigenvalue weighted by atomic mass is 16.9. The number of nitrogens with zero attached hydrogens (tertiary/aromatic N) is 6. The number of hydrogen-bond donors (Lipinski definition) is 0. The first-order valence-corrected chi connectivity index (χ1v) is 7.92. The maximum Gasteiger partial charge on any atom is 0.385 e. The molecule has 0 aliphatic carbocycles. The molecule has 0 aromatic carbocycles. The molecule has 1 aromatic rings. The molecular formula is C15H30N6O6. The van der Waals surface area contributed by atoms with Gasteiger partial charge in [-0.1, -0.05) is 0 Å². The van der Waals surface area contributed by atoms with Crippen molar-refractivity contribution in [3.05, 3.63) is 0 Å². The van der Waals surface area contributed by atoms with Crippen LogP contribution >= 0.6 is 0 Å². The molecule has 0 saturated carbocycles. The van der Waals surface area contributed by atoms with Gasteiger partial charge >= 0.3 is 12.2 Å². The van der Waals surface area contributed by atoms with Gasteiger partial charge in [-0.2, -0.15) is 19.9 Å². The third kappa shape index (κ3) is 4.36. The Hall–Kier alpha value is -1.83. The Morgan fingerprint density at radius 2 is 0.778 bits per heavy atom. The van der Waals surface area contributed by atoms with Crippen molar-refractivity contribution < 1.29 is 28.4 Å². The maximum absolute atomic E-state index is 5.48. The summed E-state index contributed by atoms with van der Waals surface area (Å²) in [6.07, 6.45) is -3.67. The predicted molar refractivity (Wildman–Crippen MR) is 98.5 cm³/mol.